The minimum absolute atomic E-state index is 0.0445. The largest absolute Gasteiger partial charge is 0.433 e. The lowest BCUT2D eigenvalue weighted by molar-refractivity contribution is -0.141. The van der Waals surface area contributed by atoms with Crippen molar-refractivity contribution in [2.45, 2.75) is 26.1 Å². The van der Waals surface area contributed by atoms with Gasteiger partial charge in [0.2, 0.25) is 5.95 Å². The Kier molecular flexibility index (Phi) is 6.54. The van der Waals surface area contributed by atoms with Gasteiger partial charge in [0, 0.05) is 11.1 Å². The molecule has 1 atom stereocenters. The first kappa shape index (κ1) is 20.5. The second-order valence-electron chi connectivity index (χ2n) is 5.89. The highest BCUT2D eigenvalue weighted by atomic mass is 35.5. The number of hydrogen-bond donors (Lipinski definition) is 3. The molecule has 0 spiro atoms. The average molecular weight is 409 g/mol. The van der Waals surface area contributed by atoms with E-state index < -0.39 is 17.9 Å². The maximum atomic E-state index is 13.2. The highest BCUT2D eigenvalue weighted by Crippen LogP contribution is 2.32. The van der Waals surface area contributed by atoms with Gasteiger partial charge in [-0.2, -0.15) is 18.2 Å². The van der Waals surface area contributed by atoms with Crippen LogP contribution in [0.25, 0.3) is 0 Å². The van der Waals surface area contributed by atoms with Crippen molar-refractivity contribution in [2.75, 3.05) is 17.2 Å². The Bertz CT molecular complexity index is 772. The first-order chi connectivity index (χ1) is 12.1. The molecule has 0 aliphatic heterocycles. The fourth-order valence-corrected chi connectivity index (χ4v) is 2.38. The number of anilines is 3. The van der Waals surface area contributed by atoms with E-state index in [0.717, 1.165) is 6.07 Å². The molecule has 2 aromatic rings. The van der Waals surface area contributed by atoms with Gasteiger partial charge in [-0.3, -0.25) is 0 Å². The Balaban J connectivity index is 2.41. The van der Waals surface area contributed by atoms with Crippen LogP contribution in [0.4, 0.5) is 30.6 Å². The van der Waals surface area contributed by atoms with Crippen LogP contribution in [0, 0.1) is 5.92 Å². The number of rotatable bonds is 6. The van der Waals surface area contributed by atoms with Crippen molar-refractivity contribution < 1.29 is 18.3 Å². The van der Waals surface area contributed by atoms with Crippen LogP contribution >= 0.6 is 23.2 Å². The van der Waals surface area contributed by atoms with Crippen LogP contribution < -0.4 is 10.6 Å². The Morgan fingerprint density at radius 2 is 1.85 bits per heavy atom. The second kappa shape index (κ2) is 8.28. The molecule has 0 radical (unpaired) electrons. The molecule has 5 nitrogen and oxygen atoms in total. The van der Waals surface area contributed by atoms with Crippen LogP contribution in [0.5, 0.6) is 0 Å². The number of benzene rings is 1. The summed E-state index contributed by atoms with van der Waals surface area (Å²) in [6.07, 6.45) is -4.67. The number of aliphatic hydroxyl groups excluding tert-OH is 1. The molecule has 0 aliphatic carbocycles. The van der Waals surface area contributed by atoms with Gasteiger partial charge in [0.1, 0.15) is 5.82 Å². The molecule has 1 heterocycles. The minimum Gasteiger partial charge on any atom is -0.394 e. The van der Waals surface area contributed by atoms with Crippen molar-refractivity contribution in [2.24, 2.45) is 5.92 Å². The third-order valence-corrected chi connectivity index (χ3v) is 4.09. The van der Waals surface area contributed by atoms with Crippen LogP contribution in [0.3, 0.4) is 0 Å². The SMILES string of the molecule is CC(C)[C@@H](CO)Nc1nc(Nc2cc(Cl)ccc2Cl)cc(C(F)(F)F)n1. The zero-order valence-electron chi connectivity index (χ0n) is 13.9. The molecular formula is C16H17Cl2F3N4O. The number of nitrogens with one attached hydrogen (secondary N) is 2. The highest BCUT2D eigenvalue weighted by molar-refractivity contribution is 6.35. The highest BCUT2D eigenvalue weighted by Gasteiger charge is 2.34. The lowest BCUT2D eigenvalue weighted by Crippen LogP contribution is -2.30. The van der Waals surface area contributed by atoms with Crippen molar-refractivity contribution in [3.8, 4) is 0 Å². The summed E-state index contributed by atoms with van der Waals surface area (Å²) in [6.45, 7) is 3.35. The van der Waals surface area contributed by atoms with E-state index in [1.54, 1.807) is 6.07 Å². The zero-order valence-corrected chi connectivity index (χ0v) is 15.4. The van der Waals surface area contributed by atoms with E-state index in [0.29, 0.717) is 10.7 Å². The van der Waals surface area contributed by atoms with E-state index >= 15 is 0 Å². The minimum atomic E-state index is -4.67. The van der Waals surface area contributed by atoms with Gasteiger partial charge in [0.15, 0.2) is 5.69 Å². The number of nitrogens with zero attached hydrogens (tertiary/aromatic N) is 2. The average Bonchev–Trinajstić information content (AvgIpc) is 2.54. The second-order valence-corrected chi connectivity index (χ2v) is 6.73. The monoisotopic (exact) mass is 408 g/mol. The summed E-state index contributed by atoms with van der Waals surface area (Å²) in [7, 11) is 0. The fourth-order valence-electron chi connectivity index (χ4n) is 2.04. The van der Waals surface area contributed by atoms with Crippen molar-refractivity contribution in [1.82, 2.24) is 9.97 Å². The molecule has 0 saturated heterocycles. The summed E-state index contributed by atoms with van der Waals surface area (Å²) in [6, 6.07) is 4.80. The normalized spacial score (nSPS) is 13.0. The molecule has 0 saturated carbocycles. The van der Waals surface area contributed by atoms with Gasteiger partial charge in [-0.25, -0.2) is 4.98 Å². The zero-order chi connectivity index (χ0) is 19.5. The van der Waals surface area contributed by atoms with Crippen molar-refractivity contribution in [3.05, 3.63) is 40.0 Å². The lowest BCUT2D eigenvalue weighted by Gasteiger charge is -2.21. The van der Waals surface area contributed by atoms with Gasteiger partial charge in [0.05, 0.1) is 23.4 Å². The fraction of sp³-hybridized carbons (Fsp3) is 0.375. The third kappa shape index (κ3) is 5.36. The quantitative estimate of drug-likeness (QED) is 0.628. The summed E-state index contributed by atoms with van der Waals surface area (Å²) in [5.74, 6) is -0.412. The number of aromatic nitrogens is 2. The molecule has 0 bridgehead atoms. The smallest absolute Gasteiger partial charge is 0.394 e. The number of halogens is 5. The predicted octanol–water partition coefficient (Wildman–Crippen LogP) is 4.97. The van der Waals surface area contributed by atoms with Crippen molar-refractivity contribution >= 4 is 40.7 Å². The Morgan fingerprint density at radius 3 is 2.42 bits per heavy atom. The van der Waals surface area contributed by atoms with E-state index in [1.165, 1.54) is 12.1 Å². The van der Waals surface area contributed by atoms with E-state index in [2.05, 4.69) is 20.6 Å². The van der Waals surface area contributed by atoms with Crippen LogP contribution in [-0.4, -0.2) is 27.7 Å². The number of hydrogen-bond acceptors (Lipinski definition) is 5. The maximum Gasteiger partial charge on any atom is 0.433 e. The molecule has 142 valence electrons. The molecule has 2 rings (SSSR count). The van der Waals surface area contributed by atoms with Crippen LogP contribution in [0.15, 0.2) is 24.3 Å². The van der Waals surface area contributed by atoms with Gasteiger partial charge in [0.25, 0.3) is 0 Å². The molecular weight excluding hydrogens is 392 g/mol. The van der Waals surface area contributed by atoms with E-state index in [-0.39, 0.29) is 29.3 Å². The van der Waals surface area contributed by atoms with Gasteiger partial charge >= 0.3 is 6.18 Å². The summed E-state index contributed by atoms with van der Waals surface area (Å²) in [4.78, 5) is 7.54. The molecule has 0 unspecified atom stereocenters. The standard InChI is InChI=1S/C16H17Cl2F3N4O/c1-8(2)12(7-26)23-15-24-13(16(19,20)21)6-14(25-15)22-11-5-9(17)3-4-10(11)18/h3-6,8,12,26H,7H2,1-2H3,(H2,22,23,24,25)/t12-/m1/s1. The maximum absolute atomic E-state index is 13.2. The van der Waals surface area contributed by atoms with Crippen LogP contribution in [0.1, 0.15) is 19.5 Å². The summed E-state index contributed by atoms with van der Waals surface area (Å²) >= 11 is 11.9. The number of aliphatic hydroxyl groups is 1. The molecule has 0 aliphatic rings. The first-order valence-corrected chi connectivity index (χ1v) is 8.41. The van der Waals surface area contributed by atoms with Gasteiger partial charge in [-0.15, -0.1) is 0 Å². The molecule has 3 N–H and O–H groups in total. The summed E-state index contributed by atoms with van der Waals surface area (Å²) in [5.41, 5.74) is -0.824. The molecule has 0 amide bonds. The third-order valence-electron chi connectivity index (χ3n) is 3.52. The molecule has 26 heavy (non-hydrogen) atoms. The lowest BCUT2D eigenvalue weighted by atomic mass is 10.1. The predicted molar refractivity (Wildman–Crippen MR) is 96.1 cm³/mol. The van der Waals surface area contributed by atoms with Gasteiger partial charge in [-0.05, 0) is 24.1 Å². The molecule has 1 aromatic heterocycles. The first-order valence-electron chi connectivity index (χ1n) is 7.66. The van der Waals surface area contributed by atoms with Crippen molar-refractivity contribution in [3.63, 3.8) is 0 Å². The van der Waals surface area contributed by atoms with E-state index in [1.807, 2.05) is 13.8 Å². The van der Waals surface area contributed by atoms with Crippen LogP contribution in [-0.2, 0) is 6.18 Å². The van der Waals surface area contributed by atoms with Crippen LogP contribution in [0.2, 0.25) is 10.0 Å². The number of alkyl halides is 3. The van der Waals surface area contributed by atoms with Gasteiger partial charge in [-0.1, -0.05) is 37.0 Å². The van der Waals surface area contributed by atoms with E-state index in [9.17, 15) is 18.3 Å². The van der Waals surface area contributed by atoms with Crippen molar-refractivity contribution in [1.29, 1.82) is 0 Å². The topological polar surface area (TPSA) is 70.1 Å². The van der Waals surface area contributed by atoms with E-state index in [4.69, 9.17) is 23.2 Å². The Labute approximate surface area is 158 Å². The Hall–Kier alpha value is -1.77. The molecule has 0 fully saturated rings. The van der Waals surface area contributed by atoms with Gasteiger partial charge < -0.3 is 15.7 Å². The summed E-state index contributed by atoms with van der Waals surface area (Å²) < 4.78 is 39.5. The molecule has 1 aromatic carbocycles. The Morgan fingerprint density at radius 1 is 1.15 bits per heavy atom. The summed E-state index contributed by atoms with van der Waals surface area (Å²) in [5, 5.41) is 15.4. The molecule has 10 heteroatoms.